The maximum absolute atomic E-state index is 9.09. The standard InChI is InChI=1S/C6H12O4/c7-2-6-5(9)1-4(8)3-10-6/h4-9H,1-3H2/t4-,5+,6-/m1/s1. The van der Waals surface area contributed by atoms with Gasteiger partial charge in [0.2, 0.25) is 0 Å². The van der Waals surface area contributed by atoms with Crippen LogP contribution in [0.2, 0.25) is 0 Å². The van der Waals surface area contributed by atoms with Gasteiger partial charge in [0.15, 0.2) is 0 Å². The Morgan fingerprint density at radius 2 is 2.10 bits per heavy atom. The third-order valence-electron chi connectivity index (χ3n) is 1.63. The highest BCUT2D eigenvalue weighted by Crippen LogP contribution is 2.13. The van der Waals surface area contributed by atoms with E-state index in [-0.39, 0.29) is 13.2 Å². The summed E-state index contributed by atoms with van der Waals surface area (Å²) in [5.74, 6) is 0. The summed E-state index contributed by atoms with van der Waals surface area (Å²) < 4.78 is 4.90. The third kappa shape index (κ3) is 1.67. The van der Waals surface area contributed by atoms with Crippen LogP contribution in [0.15, 0.2) is 0 Å². The Balaban J connectivity index is 2.36. The predicted octanol–water partition coefficient (Wildman–Crippen LogP) is -1.51. The van der Waals surface area contributed by atoms with Gasteiger partial charge in [-0.25, -0.2) is 0 Å². The lowest BCUT2D eigenvalue weighted by molar-refractivity contribution is -0.136. The van der Waals surface area contributed by atoms with Crippen molar-refractivity contribution in [1.29, 1.82) is 0 Å². The fourth-order valence-corrected chi connectivity index (χ4v) is 1.02. The molecule has 0 spiro atoms. The molecule has 0 aromatic carbocycles. The van der Waals surface area contributed by atoms with Crippen LogP contribution >= 0.6 is 0 Å². The van der Waals surface area contributed by atoms with E-state index in [1.54, 1.807) is 0 Å². The summed E-state index contributed by atoms with van der Waals surface area (Å²) in [6.45, 7) is 0.0240. The number of hydrogen-bond donors (Lipinski definition) is 3. The van der Waals surface area contributed by atoms with Crippen molar-refractivity contribution in [2.45, 2.75) is 24.7 Å². The average molecular weight is 148 g/mol. The second kappa shape index (κ2) is 3.30. The van der Waals surface area contributed by atoms with Crippen LogP contribution in [0.1, 0.15) is 6.42 Å². The van der Waals surface area contributed by atoms with Gasteiger partial charge in [-0.1, -0.05) is 0 Å². The van der Waals surface area contributed by atoms with E-state index in [0.717, 1.165) is 0 Å². The third-order valence-corrected chi connectivity index (χ3v) is 1.63. The van der Waals surface area contributed by atoms with E-state index in [1.165, 1.54) is 0 Å². The lowest BCUT2D eigenvalue weighted by Gasteiger charge is -2.29. The Bertz CT molecular complexity index is 106. The molecule has 0 amide bonds. The van der Waals surface area contributed by atoms with Gasteiger partial charge < -0.3 is 20.1 Å². The average Bonchev–Trinajstić information content (AvgIpc) is 1.88. The van der Waals surface area contributed by atoms with E-state index in [2.05, 4.69) is 0 Å². The van der Waals surface area contributed by atoms with Crippen molar-refractivity contribution in [3.05, 3.63) is 0 Å². The summed E-state index contributed by atoms with van der Waals surface area (Å²) >= 11 is 0. The second-order valence-electron chi connectivity index (χ2n) is 2.51. The van der Waals surface area contributed by atoms with Crippen molar-refractivity contribution in [1.82, 2.24) is 0 Å². The van der Waals surface area contributed by atoms with E-state index >= 15 is 0 Å². The minimum atomic E-state index is -0.728. The fraction of sp³-hybridized carbons (Fsp3) is 1.00. The molecule has 4 nitrogen and oxygen atoms in total. The first-order valence-electron chi connectivity index (χ1n) is 3.32. The zero-order valence-corrected chi connectivity index (χ0v) is 5.60. The molecule has 1 aliphatic rings. The molecule has 0 aromatic heterocycles. The van der Waals surface area contributed by atoms with Crippen molar-refractivity contribution in [2.24, 2.45) is 0 Å². The fourth-order valence-electron chi connectivity index (χ4n) is 1.02. The zero-order valence-electron chi connectivity index (χ0n) is 5.60. The van der Waals surface area contributed by atoms with Crippen molar-refractivity contribution in [2.75, 3.05) is 13.2 Å². The van der Waals surface area contributed by atoms with Crippen LogP contribution in [0.3, 0.4) is 0 Å². The lowest BCUT2D eigenvalue weighted by atomic mass is 10.0. The van der Waals surface area contributed by atoms with Gasteiger partial charge in [-0.05, 0) is 0 Å². The van der Waals surface area contributed by atoms with Crippen LogP contribution in [-0.4, -0.2) is 46.8 Å². The Morgan fingerprint density at radius 1 is 1.40 bits per heavy atom. The number of aliphatic hydroxyl groups is 3. The van der Waals surface area contributed by atoms with Gasteiger partial charge in [-0.3, -0.25) is 0 Å². The molecule has 1 fully saturated rings. The quantitative estimate of drug-likeness (QED) is 0.423. The zero-order chi connectivity index (χ0) is 7.56. The molecule has 1 saturated heterocycles. The summed E-state index contributed by atoms with van der Waals surface area (Å²) in [7, 11) is 0. The molecule has 1 aliphatic heterocycles. The highest BCUT2D eigenvalue weighted by Gasteiger charge is 2.27. The highest BCUT2D eigenvalue weighted by molar-refractivity contribution is 4.76. The second-order valence-corrected chi connectivity index (χ2v) is 2.51. The molecule has 0 saturated carbocycles. The van der Waals surface area contributed by atoms with Crippen LogP contribution in [0.4, 0.5) is 0 Å². The first-order valence-corrected chi connectivity index (χ1v) is 3.32. The number of rotatable bonds is 1. The predicted molar refractivity (Wildman–Crippen MR) is 33.5 cm³/mol. The summed E-state index contributed by atoms with van der Waals surface area (Å²) in [6, 6.07) is 0. The van der Waals surface area contributed by atoms with Crippen molar-refractivity contribution in [3.63, 3.8) is 0 Å². The molecule has 1 heterocycles. The number of hydrogen-bond acceptors (Lipinski definition) is 4. The molecular formula is C6H12O4. The molecule has 10 heavy (non-hydrogen) atoms. The Hall–Kier alpha value is -0.160. The molecule has 4 heteroatoms. The van der Waals surface area contributed by atoms with Gasteiger partial charge in [-0.15, -0.1) is 0 Å². The van der Waals surface area contributed by atoms with E-state index in [0.29, 0.717) is 6.42 Å². The SMILES string of the molecule is OC[C@H]1OC[C@H](O)C[C@@H]1O. The Labute approximate surface area is 59.1 Å². The molecule has 0 unspecified atom stereocenters. The maximum atomic E-state index is 9.09. The van der Waals surface area contributed by atoms with Crippen molar-refractivity contribution < 1.29 is 20.1 Å². The molecule has 0 bridgehead atoms. The first-order chi connectivity index (χ1) is 4.74. The monoisotopic (exact) mass is 148 g/mol. The highest BCUT2D eigenvalue weighted by atomic mass is 16.5. The normalized spacial score (nSPS) is 41.7. The van der Waals surface area contributed by atoms with E-state index < -0.39 is 18.3 Å². The summed E-state index contributed by atoms with van der Waals surface area (Å²) in [5.41, 5.74) is 0. The summed E-state index contributed by atoms with van der Waals surface area (Å²) in [4.78, 5) is 0. The van der Waals surface area contributed by atoms with E-state index in [4.69, 9.17) is 20.1 Å². The summed E-state index contributed by atoms with van der Waals surface area (Å²) in [5, 5.41) is 26.6. The van der Waals surface area contributed by atoms with Gasteiger partial charge in [-0.2, -0.15) is 0 Å². The number of aliphatic hydroxyl groups excluding tert-OH is 3. The molecule has 3 atom stereocenters. The van der Waals surface area contributed by atoms with Crippen LogP contribution in [0.5, 0.6) is 0 Å². The minimum Gasteiger partial charge on any atom is -0.394 e. The van der Waals surface area contributed by atoms with E-state index in [9.17, 15) is 0 Å². The summed E-state index contributed by atoms with van der Waals surface area (Å²) in [6.07, 6.45) is -1.53. The maximum Gasteiger partial charge on any atom is 0.107 e. The van der Waals surface area contributed by atoms with Crippen LogP contribution in [0.25, 0.3) is 0 Å². The van der Waals surface area contributed by atoms with Gasteiger partial charge in [0.1, 0.15) is 6.10 Å². The molecule has 0 aliphatic carbocycles. The van der Waals surface area contributed by atoms with Crippen molar-refractivity contribution in [3.8, 4) is 0 Å². The Morgan fingerprint density at radius 3 is 2.60 bits per heavy atom. The Kier molecular flexibility index (Phi) is 2.62. The lowest BCUT2D eigenvalue weighted by Crippen LogP contribution is -2.42. The molecule has 0 radical (unpaired) electrons. The minimum absolute atomic E-state index is 0.187. The van der Waals surface area contributed by atoms with Crippen LogP contribution in [0, 0.1) is 0 Å². The molecule has 1 rings (SSSR count). The molecular weight excluding hydrogens is 136 g/mol. The van der Waals surface area contributed by atoms with Gasteiger partial charge in [0, 0.05) is 6.42 Å². The van der Waals surface area contributed by atoms with Gasteiger partial charge in [0.25, 0.3) is 0 Å². The van der Waals surface area contributed by atoms with Crippen LogP contribution in [-0.2, 0) is 4.74 Å². The topological polar surface area (TPSA) is 69.9 Å². The molecule has 3 N–H and O–H groups in total. The smallest absolute Gasteiger partial charge is 0.107 e. The molecule has 0 aromatic rings. The first kappa shape index (κ1) is 7.94. The molecule has 60 valence electrons. The largest absolute Gasteiger partial charge is 0.394 e. The van der Waals surface area contributed by atoms with Crippen molar-refractivity contribution >= 4 is 0 Å². The van der Waals surface area contributed by atoms with Gasteiger partial charge in [0.05, 0.1) is 25.4 Å². The van der Waals surface area contributed by atoms with Crippen LogP contribution < -0.4 is 0 Å². The number of ether oxygens (including phenoxy) is 1. The van der Waals surface area contributed by atoms with E-state index in [1.807, 2.05) is 0 Å². The van der Waals surface area contributed by atoms with Gasteiger partial charge >= 0.3 is 0 Å².